The highest BCUT2D eigenvalue weighted by molar-refractivity contribution is 14.1. The molecule has 0 saturated heterocycles. The van der Waals surface area contributed by atoms with Gasteiger partial charge in [-0.15, -0.1) is 0 Å². The van der Waals surface area contributed by atoms with E-state index < -0.39 is 10.1 Å². The minimum Gasteiger partial charge on any atom is -0.495 e. The molecule has 100 valence electrons. The summed E-state index contributed by atoms with van der Waals surface area (Å²) in [4.78, 5) is 3.80. The number of hydrogen-bond donors (Lipinski definition) is 0. The van der Waals surface area contributed by atoms with E-state index in [9.17, 15) is 8.42 Å². The third-order valence-corrected chi connectivity index (χ3v) is 4.15. The lowest BCUT2D eigenvalue weighted by atomic mass is 10.3. The van der Waals surface area contributed by atoms with Gasteiger partial charge in [0.2, 0.25) is 5.88 Å². The van der Waals surface area contributed by atoms with Crippen LogP contribution >= 0.6 is 22.6 Å². The molecule has 0 N–H and O–H groups in total. The Morgan fingerprint density at radius 3 is 2.63 bits per heavy atom. The molecule has 5 nitrogen and oxygen atoms in total. The molecule has 0 atom stereocenters. The van der Waals surface area contributed by atoms with E-state index in [-0.39, 0.29) is 16.5 Å². The molecule has 0 bridgehead atoms. The highest BCUT2D eigenvalue weighted by atomic mass is 127. The minimum absolute atomic E-state index is 0.0171. The van der Waals surface area contributed by atoms with Crippen LogP contribution in [0.15, 0.2) is 47.5 Å². The number of aromatic nitrogens is 1. The van der Waals surface area contributed by atoms with Crippen molar-refractivity contribution >= 4 is 32.7 Å². The zero-order chi connectivity index (χ0) is 13.9. The summed E-state index contributed by atoms with van der Waals surface area (Å²) in [6.45, 7) is 0. The van der Waals surface area contributed by atoms with Crippen LogP contribution < -0.4 is 8.92 Å². The Morgan fingerprint density at radius 1 is 1.21 bits per heavy atom. The molecule has 0 radical (unpaired) electrons. The van der Waals surface area contributed by atoms with Crippen molar-refractivity contribution in [3.63, 3.8) is 0 Å². The van der Waals surface area contributed by atoms with Crippen molar-refractivity contribution in [3.8, 4) is 11.6 Å². The fourth-order valence-electron chi connectivity index (χ4n) is 1.40. The Labute approximate surface area is 124 Å². The predicted molar refractivity (Wildman–Crippen MR) is 77.8 cm³/mol. The third-order valence-electron chi connectivity index (χ3n) is 2.23. The first-order chi connectivity index (χ1) is 9.03. The molecule has 0 unspecified atom stereocenters. The van der Waals surface area contributed by atoms with Gasteiger partial charge in [-0.1, -0.05) is 6.07 Å². The van der Waals surface area contributed by atoms with Crippen LogP contribution in [0.1, 0.15) is 0 Å². The maximum atomic E-state index is 12.2. The van der Waals surface area contributed by atoms with Crippen LogP contribution in [0.5, 0.6) is 11.6 Å². The number of ether oxygens (including phenoxy) is 1. The monoisotopic (exact) mass is 391 g/mol. The number of nitrogens with zero attached hydrogens (tertiary/aromatic N) is 1. The zero-order valence-electron chi connectivity index (χ0n) is 9.91. The van der Waals surface area contributed by atoms with Gasteiger partial charge < -0.3 is 8.92 Å². The lowest BCUT2D eigenvalue weighted by Crippen LogP contribution is -2.12. The summed E-state index contributed by atoms with van der Waals surface area (Å²) < 4.78 is 35.1. The van der Waals surface area contributed by atoms with Gasteiger partial charge in [-0.05, 0) is 46.9 Å². The summed E-state index contributed by atoms with van der Waals surface area (Å²) >= 11 is 2.02. The van der Waals surface area contributed by atoms with Crippen molar-refractivity contribution in [1.29, 1.82) is 0 Å². The molecule has 7 heteroatoms. The largest absolute Gasteiger partial charge is 0.495 e. The standard InChI is InChI=1S/C12H10INO4S/c1-17-10-6-5-9(13)8-11(10)19(15,16)18-12-4-2-3-7-14-12/h2-8H,1H3. The average Bonchev–Trinajstić information content (AvgIpc) is 2.39. The second-order valence-corrected chi connectivity index (χ2v) is 6.26. The van der Waals surface area contributed by atoms with Gasteiger partial charge >= 0.3 is 10.1 Å². The van der Waals surface area contributed by atoms with Crippen molar-refractivity contribution < 1.29 is 17.3 Å². The van der Waals surface area contributed by atoms with Crippen molar-refractivity contribution in [1.82, 2.24) is 4.98 Å². The maximum Gasteiger partial charge on any atom is 0.344 e. The topological polar surface area (TPSA) is 65.5 Å². The molecule has 0 aliphatic carbocycles. The van der Waals surface area contributed by atoms with Gasteiger partial charge in [0.1, 0.15) is 10.6 Å². The lowest BCUT2D eigenvalue weighted by Gasteiger charge is -2.10. The molecule has 0 aliphatic rings. The van der Waals surface area contributed by atoms with Gasteiger partial charge in [0, 0.05) is 15.8 Å². The van der Waals surface area contributed by atoms with Crippen LogP contribution in [0.3, 0.4) is 0 Å². The molecule has 1 heterocycles. The van der Waals surface area contributed by atoms with Crippen LogP contribution in [-0.4, -0.2) is 20.5 Å². The Hall–Kier alpha value is -1.35. The summed E-state index contributed by atoms with van der Waals surface area (Å²) in [5.41, 5.74) is 0. The second-order valence-electron chi connectivity index (χ2n) is 3.50. The highest BCUT2D eigenvalue weighted by Gasteiger charge is 2.22. The molecular weight excluding hydrogens is 381 g/mol. The fraction of sp³-hybridized carbons (Fsp3) is 0.0833. The van der Waals surface area contributed by atoms with E-state index in [0.717, 1.165) is 3.57 Å². The second kappa shape index (κ2) is 5.74. The summed E-state index contributed by atoms with van der Waals surface area (Å²) in [6.07, 6.45) is 1.46. The van der Waals surface area contributed by atoms with E-state index in [2.05, 4.69) is 4.98 Å². The number of rotatable bonds is 4. The number of hydrogen-bond acceptors (Lipinski definition) is 5. The molecule has 1 aromatic heterocycles. The Balaban J connectivity index is 2.42. The molecule has 2 rings (SSSR count). The molecule has 2 aromatic rings. The molecule has 0 fully saturated rings. The third kappa shape index (κ3) is 3.35. The molecule has 0 amide bonds. The van der Waals surface area contributed by atoms with E-state index in [0.29, 0.717) is 0 Å². The molecule has 0 spiro atoms. The van der Waals surface area contributed by atoms with Gasteiger partial charge in [-0.3, -0.25) is 0 Å². The van der Waals surface area contributed by atoms with Gasteiger partial charge in [-0.25, -0.2) is 4.98 Å². The van der Waals surface area contributed by atoms with E-state index in [1.54, 1.807) is 24.3 Å². The van der Waals surface area contributed by atoms with E-state index >= 15 is 0 Å². The van der Waals surface area contributed by atoms with Crippen LogP contribution in [0.2, 0.25) is 0 Å². The van der Waals surface area contributed by atoms with Crippen molar-refractivity contribution in [2.45, 2.75) is 4.90 Å². The van der Waals surface area contributed by atoms with E-state index in [1.165, 1.54) is 25.4 Å². The minimum atomic E-state index is -3.97. The molecular formula is C12H10INO4S. The quantitative estimate of drug-likeness (QED) is 0.592. The SMILES string of the molecule is COc1ccc(I)cc1S(=O)(=O)Oc1ccccn1. The van der Waals surface area contributed by atoms with Crippen LogP contribution in [-0.2, 0) is 10.1 Å². The maximum absolute atomic E-state index is 12.2. The predicted octanol–water partition coefficient (Wildman–Crippen LogP) is 2.46. The molecule has 0 saturated carbocycles. The van der Waals surface area contributed by atoms with Crippen molar-refractivity contribution in [3.05, 3.63) is 46.2 Å². The van der Waals surface area contributed by atoms with Crippen LogP contribution in [0.25, 0.3) is 0 Å². The first-order valence-electron chi connectivity index (χ1n) is 5.22. The summed E-state index contributed by atoms with van der Waals surface area (Å²) in [6, 6.07) is 9.60. The Morgan fingerprint density at radius 2 is 2.00 bits per heavy atom. The lowest BCUT2D eigenvalue weighted by molar-refractivity contribution is 0.397. The van der Waals surface area contributed by atoms with Crippen LogP contribution in [0, 0.1) is 3.57 Å². The smallest absolute Gasteiger partial charge is 0.344 e. The molecule has 0 aliphatic heterocycles. The first-order valence-corrected chi connectivity index (χ1v) is 7.71. The normalized spacial score (nSPS) is 11.1. The van der Waals surface area contributed by atoms with Gasteiger partial charge in [0.05, 0.1) is 7.11 Å². The summed E-state index contributed by atoms with van der Waals surface area (Å²) in [5.74, 6) is 0.250. The zero-order valence-corrected chi connectivity index (χ0v) is 12.9. The van der Waals surface area contributed by atoms with Gasteiger partial charge in [0.25, 0.3) is 0 Å². The number of benzene rings is 1. The van der Waals surface area contributed by atoms with Crippen LogP contribution in [0.4, 0.5) is 0 Å². The molecule has 19 heavy (non-hydrogen) atoms. The average molecular weight is 391 g/mol. The highest BCUT2D eigenvalue weighted by Crippen LogP contribution is 2.27. The fourth-order valence-corrected chi connectivity index (χ4v) is 3.18. The van der Waals surface area contributed by atoms with Gasteiger partial charge in [-0.2, -0.15) is 8.42 Å². The van der Waals surface area contributed by atoms with Crippen molar-refractivity contribution in [2.75, 3.05) is 7.11 Å². The number of methoxy groups -OCH3 is 1. The first kappa shape index (κ1) is 14.1. The number of pyridine rings is 1. The van der Waals surface area contributed by atoms with Gasteiger partial charge in [0.15, 0.2) is 0 Å². The van der Waals surface area contributed by atoms with E-state index in [1.807, 2.05) is 22.6 Å². The number of halogens is 1. The summed E-state index contributed by atoms with van der Waals surface area (Å²) in [7, 11) is -2.57. The van der Waals surface area contributed by atoms with Crippen molar-refractivity contribution in [2.24, 2.45) is 0 Å². The van der Waals surface area contributed by atoms with E-state index in [4.69, 9.17) is 8.92 Å². The molecule has 1 aromatic carbocycles. The summed E-state index contributed by atoms with van der Waals surface area (Å²) in [5, 5.41) is 0. The Kier molecular flexibility index (Phi) is 4.25. The Bertz CT molecular complexity index is 673.